The lowest BCUT2D eigenvalue weighted by Gasteiger charge is -2.40. The molecule has 0 amide bonds. The molecule has 1 saturated heterocycles. The molecule has 2 atom stereocenters. The highest BCUT2D eigenvalue weighted by Crippen LogP contribution is 2.28. The van der Waals surface area contributed by atoms with Gasteiger partial charge in [0.2, 0.25) is 0 Å². The van der Waals surface area contributed by atoms with Gasteiger partial charge in [-0.3, -0.25) is 4.90 Å². The number of nitrogens with one attached hydrogen (secondary N) is 1. The van der Waals surface area contributed by atoms with Gasteiger partial charge in [0, 0.05) is 44.4 Å². The Hall–Kier alpha value is -2.43. The first-order valence-corrected chi connectivity index (χ1v) is 8.15. The second-order valence-electron chi connectivity index (χ2n) is 5.80. The number of pyridine rings is 1. The zero-order valence-corrected chi connectivity index (χ0v) is 14.0. The van der Waals surface area contributed by atoms with Crippen molar-refractivity contribution < 1.29 is 4.74 Å². The molecule has 0 aliphatic carbocycles. The van der Waals surface area contributed by atoms with Crippen molar-refractivity contribution in [2.24, 2.45) is 7.05 Å². The van der Waals surface area contributed by atoms with E-state index in [-0.39, 0.29) is 12.1 Å². The smallest absolute Gasteiger partial charge is 0.142 e. The molecule has 0 spiro atoms. The Kier molecular flexibility index (Phi) is 5.08. The van der Waals surface area contributed by atoms with Gasteiger partial charge in [-0.05, 0) is 18.7 Å². The molecule has 1 aliphatic heterocycles. The second kappa shape index (κ2) is 7.43. The molecule has 7 heteroatoms. The predicted octanol–water partition coefficient (Wildman–Crippen LogP) is 1.56. The summed E-state index contributed by atoms with van der Waals surface area (Å²) in [6, 6.07) is 5.77. The van der Waals surface area contributed by atoms with Gasteiger partial charge in [0.15, 0.2) is 0 Å². The summed E-state index contributed by atoms with van der Waals surface area (Å²) in [5.41, 5.74) is 1.28. The lowest BCUT2D eigenvalue weighted by molar-refractivity contribution is -0.0675. The maximum atomic E-state index is 8.96. The standard InChI is InChI=1S/C17H22N6O/c1-3-23-8-9-24-15(16(23)17-20-6-7-22(17)2)12-21-13-4-5-19-14(10-13)11-18/h4-7,10,15-16H,3,8-9,12H2,1-2H3,(H,19,21)/t15-,16+/m0/s1. The van der Waals surface area contributed by atoms with Gasteiger partial charge in [-0.15, -0.1) is 0 Å². The highest BCUT2D eigenvalue weighted by molar-refractivity contribution is 5.46. The van der Waals surface area contributed by atoms with E-state index >= 15 is 0 Å². The van der Waals surface area contributed by atoms with Gasteiger partial charge in [-0.25, -0.2) is 9.97 Å². The van der Waals surface area contributed by atoms with E-state index in [2.05, 4.69) is 37.7 Å². The number of rotatable bonds is 5. The summed E-state index contributed by atoms with van der Waals surface area (Å²) in [7, 11) is 2.01. The van der Waals surface area contributed by atoms with Crippen LogP contribution < -0.4 is 5.32 Å². The van der Waals surface area contributed by atoms with Crippen LogP contribution in [-0.2, 0) is 11.8 Å². The topological polar surface area (TPSA) is 79.0 Å². The normalized spacial score (nSPS) is 21.4. The molecule has 0 radical (unpaired) electrons. The van der Waals surface area contributed by atoms with E-state index in [1.165, 1.54) is 0 Å². The fourth-order valence-electron chi connectivity index (χ4n) is 3.12. The lowest BCUT2D eigenvalue weighted by Crippen LogP contribution is -2.48. The highest BCUT2D eigenvalue weighted by Gasteiger charge is 2.35. The van der Waals surface area contributed by atoms with E-state index in [4.69, 9.17) is 10.00 Å². The minimum absolute atomic E-state index is 0.0153. The van der Waals surface area contributed by atoms with Gasteiger partial charge in [0.25, 0.3) is 0 Å². The number of nitriles is 1. The van der Waals surface area contributed by atoms with E-state index in [1.807, 2.05) is 25.5 Å². The van der Waals surface area contributed by atoms with E-state index in [1.54, 1.807) is 12.3 Å². The first-order valence-electron chi connectivity index (χ1n) is 8.15. The first kappa shape index (κ1) is 16.4. The molecule has 1 aliphatic rings. The molecule has 2 aromatic rings. The van der Waals surface area contributed by atoms with Crippen molar-refractivity contribution in [2.45, 2.75) is 19.1 Å². The number of hydrogen-bond acceptors (Lipinski definition) is 6. The summed E-state index contributed by atoms with van der Waals surface area (Å²) in [6.45, 7) is 5.36. The lowest BCUT2D eigenvalue weighted by atomic mass is 10.1. The van der Waals surface area contributed by atoms with E-state index in [0.29, 0.717) is 18.8 Å². The van der Waals surface area contributed by atoms with Crippen molar-refractivity contribution in [3.8, 4) is 6.07 Å². The van der Waals surface area contributed by atoms with Crippen molar-refractivity contribution >= 4 is 5.69 Å². The largest absolute Gasteiger partial charge is 0.382 e. The highest BCUT2D eigenvalue weighted by atomic mass is 16.5. The minimum atomic E-state index is -0.0153. The molecule has 3 heterocycles. The Bertz CT molecular complexity index is 722. The number of hydrogen-bond donors (Lipinski definition) is 1. The Morgan fingerprint density at radius 3 is 3.00 bits per heavy atom. The number of imidazole rings is 1. The van der Waals surface area contributed by atoms with Gasteiger partial charge in [-0.1, -0.05) is 6.92 Å². The molecule has 1 N–H and O–H groups in total. The van der Waals surface area contributed by atoms with Crippen LogP contribution in [0.1, 0.15) is 24.5 Å². The summed E-state index contributed by atoms with van der Waals surface area (Å²) in [5.74, 6) is 1.01. The predicted molar refractivity (Wildman–Crippen MR) is 90.4 cm³/mol. The SMILES string of the molecule is CCN1CCO[C@@H](CNc2ccnc(C#N)c2)[C@@H]1c1nccn1C. The Labute approximate surface area is 141 Å². The Morgan fingerprint density at radius 1 is 1.42 bits per heavy atom. The van der Waals surface area contributed by atoms with Crippen LogP contribution in [0.25, 0.3) is 0 Å². The average molecular weight is 326 g/mol. The fraction of sp³-hybridized carbons (Fsp3) is 0.471. The van der Waals surface area contributed by atoms with Crippen molar-refractivity contribution in [1.29, 1.82) is 5.26 Å². The number of likely N-dealkylation sites (N-methyl/N-ethyl adjacent to an activating group) is 1. The van der Waals surface area contributed by atoms with Crippen LogP contribution in [0.4, 0.5) is 5.69 Å². The van der Waals surface area contributed by atoms with Crippen molar-refractivity contribution in [3.05, 3.63) is 42.2 Å². The van der Waals surface area contributed by atoms with Crippen LogP contribution in [0.5, 0.6) is 0 Å². The fourth-order valence-corrected chi connectivity index (χ4v) is 3.12. The molecule has 0 aromatic carbocycles. The maximum Gasteiger partial charge on any atom is 0.142 e. The molecule has 0 bridgehead atoms. The van der Waals surface area contributed by atoms with Crippen LogP contribution in [0, 0.1) is 11.3 Å². The van der Waals surface area contributed by atoms with Crippen LogP contribution in [0.3, 0.4) is 0 Å². The molecular weight excluding hydrogens is 304 g/mol. The molecule has 0 saturated carbocycles. The van der Waals surface area contributed by atoms with Gasteiger partial charge >= 0.3 is 0 Å². The number of nitrogens with zero attached hydrogens (tertiary/aromatic N) is 5. The van der Waals surface area contributed by atoms with Crippen LogP contribution in [0.15, 0.2) is 30.7 Å². The van der Waals surface area contributed by atoms with E-state index in [9.17, 15) is 0 Å². The van der Waals surface area contributed by atoms with E-state index in [0.717, 1.165) is 24.6 Å². The third-order valence-corrected chi connectivity index (χ3v) is 4.37. The molecule has 7 nitrogen and oxygen atoms in total. The number of anilines is 1. The van der Waals surface area contributed by atoms with Gasteiger partial charge in [-0.2, -0.15) is 5.26 Å². The Balaban J connectivity index is 1.76. The number of aromatic nitrogens is 3. The first-order chi connectivity index (χ1) is 11.7. The van der Waals surface area contributed by atoms with Crippen LogP contribution in [0.2, 0.25) is 0 Å². The number of ether oxygens (including phenoxy) is 1. The molecule has 2 aromatic heterocycles. The number of morpholine rings is 1. The average Bonchev–Trinajstić information content (AvgIpc) is 3.05. The molecule has 3 rings (SSSR count). The van der Waals surface area contributed by atoms with Crippen LogP contribution in [-0.4, -0.2) is 51.8 Å². The Morgan fingerprint density at radius 2 is 2.29 bits per heavy atom. The number of aryl methyl sites for hydroxylation is 1. The zero-order chi connectivity index (χ0) is 16.9. The monoisotopic (exact) mass is 326 g/mol. The third-order valence-electron chi connectivity index (χ3n) is 4.37. The summed E-state index contributed by atoms with van der Waals surface area (Å²) in [5, 5.41) is 12.3. The summed E-state index contributed by atoms with van der Waals surface area (Å²) in [4.78, 5) is 10.9. The van der Waals surface area contributed by atoms with Crippen molar-refractivity contribution in [1.82, 2.24) is 19.4 Å². The zero-order valence-electron chi connectivity index (χ0n) is 14.0. The summed E-state index contributed by atoms with van der Waals surface area (Å²) >= 11 is 0. The molecule has 1 fully saturated rings. The molecular formula is C17H22N6O. The molecule has 0 unspecified atom stereocenters. The summed E-state index contributed by atoms with van der Waals surface area (Å²) < 4.78 is 8.09. The van der Waals surface area contributed by atoms with Crippen molar-refractivity contribution in [2.75, 3.05) is 31.6 Å². The van der Waals surface area contributed by atoms with Gasteiger partial charge in [0.05, 0.1) is 18.8 Å². The van der Waals surface area contributed by atoms with Gasteiger partial charge < -0.3 is 14.6 Å². The summed E-state index contributed by atoms with van der Waals surface area (Å²) in [6.07, 6.45) is 5.41. The maximum absolute atomic E-state index is 8.96. The van der Waals surface area contributed by atoms with Gasteiger partial charge in [0.1, 0.15) is 17.6 Å². The van der Waals surface area contributed by atoms with Crippen molar-refractivity contribution in [3.63, 3.8) is 0 Å². The third kappa shape index (κ3) is 3.40. The second-order valence-corrected chi connectivity index (χ2v) is 5.80. The molecule has 126 valence electrons. The van der Waals surface area contributed by atoms with Crippen LogP contribution >= 0.6 is 0 Å². The quantitative estimate of drug-likeness (QED) is 0.898. The minimum Gasteiger partial charge on any atom is -0.382 e. The molecule has 24 heavy (non-hydrogen) atoms. The van der Waals surface area contributed by atoms with E-state index < -0.39 is 0 Å².